The summed E-state index contributed by atoms with van der Waals surface area (Å²) in [6.07, 6.45) is 0.177. The Balaban J connectivity index is 2.07. The average Bonchev–Trinajstić information content (AvgIpc) is 2.78. The lowest BCUT2D eigenvalue weighted by molar-refractivity contribution is -0.114. The van der Waals surface area contributed by atoms with Gasteiger partial charge < -0.3 is 11.5 Å². The molecule has 0 radical (unpaired) electrons. The molecule has 1 aromatic carbocycles. The molecule has 20 heavy (non-hydrogen) atoms. The number of carbonyl (C=O) groups is 2. The first-order valence-corrected chi connectivity index (χ1v) is 5.86. The molecule has 1 aliphatic rings. The van der Waals surface area contributed by atoms with Crippen molar-refractivity contribution in [1.82, 2.24) is 0 Å². The number of aliphatic imine (C=N–C) groups is 1. The first kappa shape index (κ1) is 13.6. The predicted molar refractivity (Wildman–Crippen MR) is 73.4 cm³/mol. The van der Waals surface area contributed by atoms with E-state index < -0.39 is 5.91 Å². The number of carbonyl (C=O) groups excluding carboxylic acids is 2. The van der Waals surface area contributed by atoms with Crippen LogP contribution >= 0.6 is 0 Å². The number of amides is 1. The Morgan fingerprint density at radius 3 is 2.35 bits per heavy atom. The van der Waals surface area contributed by atoms with Gasteiger partial charge in [-0.2, -0.15) is 0 Å². The fourth-order valence-electron chi connectivity index (χ4n) is 1.64. The zero-order chi connectivity index (χ0) is 14.7. The third-order valence-corrected chi connectivity index (χ3v) is 2.75. The summed E-state index contributed by atoms with van der Waals surface area (Å²) in [5, 5.41) is 7.88. The topological polar surface area (TPSA) is 123 Å². The van der Waals surface area contributed by atoms with Gasteiger partial charge in [-0.05, 0) is 31.2 Å². The second-order valence-corrected chi connectivity index (χ2v) is 4.24. The van der Waals surface area contributed by atoms with Gasteiger partial charge in [0, 0.05) is 12.0 Å². The molecule has 0 saturated carbocycles. The highest BCUT2D eigenvalue weighted by molar-refractivity contribution is 6.02. The fraction of sp³-hybridized carbons (Fsp3) is 0.154. The smallest absolute Gasteiger partial charge is 0.248 e. The number of hydrogen-bond donors (Lipinski definition) is 2. The Bertz CT molecular complexity index is 656. The number of rotatable bonds is 3. The second kappa shape index (κ2) is 5.43. The minimum absolute atomic E-state index is 0.0169. The maximum absolute atomic E-state index is 11.1. The van der Waals surface area contributed by atoms with Crippen LogP contribution in [0.15, 0.2) is 50.9 Å². The van der Waals surface area contributed by atoms with Gasteiger partial charge >= 0.3 is 0 Å². The molecule has 0 aliphatic carbocycles. The van der Waals surface area contributed by atoms with Crippen molar-refractivity contribution in [2.75, 3.05) is 0 Å². The average molecular weight is 271 g/mol. The molecule has 1 amide bonds. The molecule has 2 rings (SSSR count). The number of ketones is 1. The number of Topliss-reactive ketones (excluding diaryl/α,β-unsaturated/α-hetero) is 1. The van der Waals surface area contributed by atoms with Gasteiger partial charge in [-0.3, -0.25) is 9.59 Å². The zero-order valence-electron chi connectivity index (χ0n) is 10.8. The van der Waals surface area contributed by atoms with Crippen LogP contribution in [0.1, 0.15) is 23.7 Å². The third-order valence-electron chi connectivity index (χ3n) is 2.75. The van der Waals surface area contributed by atoms with Crippen molar-refractivity contribution >= 4 is 23.2 Å². The Morgan fingerprint density at radius 2 is 1.85 bits per heavy atom. The Hall–Kier alpha value is -2.83. The van der Waals surface area contributed by atoms with E-state index in [0.29, 0.717) is 17.1 Å². The van der Waals surface area contributed by atoms with E-state index in [1.165, 1.54) is 6.92 Å². The van der Waals surface area contributed by atoms with Gasteiger partial charge in [-0.15, -0.1) is 10.2 Å². The van der Waals surface area contributed by atoms with Gasteiger partial charge in [0.25, 0.3) is 0 Å². The van der Waals surface area contributed by atoms with Crippen LogP contribution in [-0.4, -0.2) is 17.5 Å². The van der Waals surface area contributed by atoms with Crippen molar-refractivity contribution in [3.63, 3.8) is 0 Å². The quantitative estimate of drug-likeness (QED) is 0.638. The van der Waals surface area contributed by atoms with Crippen LogP contribution in [0.2, 0.25) is 0 Å². The number of primary amides is 1. The molecule has 1 aliphatic heterocycles. The lowest BCUT2D eigenvalue weighted by atomic mass is 10.1. The molecule has 1 heterocycles. The van der Waals surface area contributed by atoms with Gasteiger partial charge in [0.1, 0.15) is 5.82 Å². The molecule has 0 spiro atoms. The number of azo groups is 1. The second-order valence-electron chi connectivity index (χ2n) is 4.24. The minimum Gasteiger partial charge on any atom is -0.383 e. The normalized spacial score (nSPS) is 14.8. The summed E-state index contributed by atoms with van der Waals surface area (Å²) in [5.74, 6) is -0.218. The van der Waals surface area contributed by atoms with Gasteiger partial charge in [-0.1, -0.05) is 0 Å². The van der Waals surface area contributed by atoms with E-state index in [1.54, 1.807) is 24.3 Å². The van der Waals surface area contributed by atoms with Crippen molar-refractivity contribution in [3.05, 3.63) is 41.2 Å². The summed E-state index contributed by atoms with van der Waals surface area (Å²) < 4.78 is 0. The van der Waals surface area contributed by atoms with Crippen molar-refractivity contribution < 1.29 is 9.59 Å². The molecule has 7 nitrogen and oxygen atoms in total. The Kier molecular flexibility index (Phi) is 3.69. The molecule has 7 heteroatoms. The van der Waals surface area contributed by atoms with Crippen molar-refractivity contribution in [1.29, 1.82) is 0 Å². The highest BCUT2D eigenvalue weighted by atomic mass is 16.1. The van der Waals surface area contributed by atoms with Gasteiger partial charge in [0.2, 0.25) is 5.91 Å². The first-order valence-electron chi connectivity index (χ1n) is 5.86. The molecule has 102 valence electrons. The van der Waals surface area contributed by atoms with Crippen LogP contribution in [0, 0.1) is 0 Å². The SMILES string of the molecule is CC(=O)c1ccc(N=NC2=NC(N)=C(C(N)=O)C2)cc1. The van der Waals surface area contributed by atoms with Crippen LogP contribution in [0.25, 0.3) is 0 Å². The Labute approximate surface area is 115 Å². The van der Waals surface area contributed by atoms with E-state index in [0.717, 1.165) is 0 Å². The third kappa shape index (κ3) is 2.94. The van der Waals surface area contributed by atoms with Crippen LogP contribution < -0.4 is 11.5 Å². The molecule has 0 unspecified atom stereocenters. The minimum atomic E-state index is -0.609. The number of nitrogens with zero attached hydrogens (tertiary/aromatic N) is 3. The molecule has 0 saturated heterocycles. The fourth-order valence-corrected chi connectivity index (χ4v) is 1.64. The van der Waals surface area contributed by atoms with E-state index in [-0.39, 0.29) is 23.6 Å². The van der Waals surface area contributed by atoms with Crippen molar-refractivity contribution in [3.8, 4) is 0 Å². The zero-order valence-corrected chi connectivity index (χ0v) is 10.8. The lowest BCUT2D eigenvalue weighted by Crippen LogP contribution is -2.16. The largest absolute Gasteiger partial charge is 0.383 e. The van der Waals surface area contributed by atoms with Crippen molar-refractivity contribution in [2.24, 2.45) is 26.7 Å². The van der Waals surface area contributed by atoms with Crippen LogP contribution in [0.3, 0.4) is 0 Å². The molecule has 0 aromatic heterocycles. The molecule has 1 aromatic rings. The van der Waals surface area contributed by atoms with E-state index in [9.17, 15) is 9.59 Å². The summed E-state index contributed by atoms with van der Waals surface area (Å²) in [7, 11) is 0. The standard InChI is InChI=1S/C13H13N5O2/c1-7(19)8-2-4-9(5-3-8)17-18-11-6-10(13(15)20)12(14)16-11/h2-5H,6,14H2,1H3,(H2,15,20). The summed E-state index contributed by atoms with van der Waals surface area (Å²) in [6.45, 7) is 1.49. The molecular formula is C13H13N5O2. The highest BCUT2D eigenvalue weighted by Gasteiger charge is 2.19. The highest BCUT2D eigenvalue weighted by Crippen LogP contribution is 2.19. The predicted octanol–water partition coefficient (Wildman–Crippen LogP) is 1.43. The molecular weight excluding hydrogens is 258 g/mol. The molecule has 0 bridgehead atoms. The summed E-state index contributed by atoms with van der Waals surface area (Å²) >= 11 is 0. The van der Waals surface area contributed by atoms with Crippen LogP contribution in [-0.2, 0) is 4.79 Å². The number of benzene rings is 1. The number of hydrogen-bond acceptors (Lipinski definition) is 6. The van der Waals surface area contributed by atoms with Crippen molar-refractivity contribution in [2.45, 2.75) is 13.3 Å². The Morgan fingerprint density at radius 1 is 1.20 bits per heavy atom. The first-order chi connectivity index (χ1) is 9.47. The molecule has 0 atom stereocenters. The molecule has 0 fully saturated rings. The van der Waals surface area contributed by atoms with E-state index >= 15 is 0 Å². The summed E-state index contributed by atoms with van der Waals surface area (Å²) in [4.78, 5) is 26.1. The van der Waals surface area contributed by atoms with E-state index in [4.69, 9.17) is 11.5 Å². The van der Waals surface area contributed by atoms with Gasteiger partial charge in [-0.25, -0.2) is 4.99 Å². The maximum atomic E-state index is 11.1. The summed E-state index contributed by atoms with van der Waals surface area (Å²) in [6, 6.07) is 6.66. The lowest BCUT2D eigenvalue weighted by Gasteiger charge is -1.96. The van der Waals surface area contributed by atoms with E-state index in [2.05, 4.69) is 15.2 Å². The maximum Gasteiger partial charge on any atom is 0.248 e. The molecule has 4 N–H and O–H groups in total. The number of amidine groups is 1. The van der Waals surface area contributed by atoms with Gasteiger partial charge in [0.05, 0.1) is 11.3 Å². The van der Waals surface area contributed by atoms with Gasteiger partial charge in [0.15, 0.2) is 11.6 Å². The van der Waals surface area contributed by atoms with Crippen LogP contribution in [0.4, 0.5) is 5.69 Å². The van der Waals surface area contributed by atoms with E-state index in [1.807, 2.05) is 0 Å². The number of nitrogens with two attached hydrogens (primary N) is 2. The monoisotopic (exact) mass is 271 g/mol. The van der Waals surface area contributed by atoms with Crippen LogP contribution in [0.5, 0.6) is 0 Å². The summed E-state index contributed by atoms with van der Waals surface area (Å²) in [5.41, 5.74) is 12.1.